The van der Waals surface area contributed by atoms with Crippen LogP contribution in [0.2, 0.25) is 0 Å². The molecule has 0 amide bonds. The molecule has 1 heterocycles. The Labute approximate surface area is 93.6 Å². The summed E-state index contributed by atoms with van der Waals surface area (Å²) in [6.45, 7) is 1.71. The second-order valence-electron chi connectivity index (χ2n) is 3.35. The van der Waals surface area contributed by atoms with Crippen LogP contribution in [0.4, 0.5) is 0 Å². The lowest BCUT2D eigenvalue weighted by molar-refractivity contribution is -0.132. The van der Waals surface area contributed by atoms with E-state index < -0.39 is 5.97 Å². The second kappa shape index (κ2) is 5.66. The molecule has 0 aromatic heterocycles. The highest BCUT2D eigenvalue weighted by molar-refractivity contribution is 8.02. The summed E-state index contributed by atoms with van der Waals surface area (Å²) in [4.78, 5) is 12.9. The summed E-state index contributed by atoms with van der Waals surface area (Å²) in [6.07, 6.45) is 5.14. The van der Waals surface area contributed by atoms with Crippen molar-refractivity contribution in [3.63, 3.8) is 0 Å². The molecule has 0 bridgehead atoms. The lowest BCUT2D eigenvalue weighted by Gasteiger charge is -2.30. The summed E-state index contributed by atoms with van der Waals surface area (Å²) < 4.78 is 0. The zero-order chi connectivity index (χ0) is 11.3. The first-order valence-electron chi connectivity index (χ1n) is 4.87. The number of piperidine rings is 1. The Morgan fingerprint density at radius 1 is 1.40 bits per heavy atom. The molecule has 1 aliphatic rings. The molecule has 0 aromatic carbocycles. The van der Waals surface area contributed by atoms with Gasteiger partial charge >= 0.3 is 5.97 Å². The van der Waals surface area contributed by atoms with Crippen molar-refractivity contribution < 1.29 is 9.90 Å². The standard InChI is InChI=1S/C10H14N2O2S/c1-15-9(8(7-11)10(13)14)12-5-3-2-4-6-12/h2-6H2,1H3,(H,13,14). The normalized spacial score (nSPS) is 18.0. The number of aliphatic carboxylic acids is 1. The van der Waals surface area contributed by atoms with E-state index in [2.05, 4.69) is 0 Å². The number of hydrogen-bond donors (Lipinski definition) is 1. The number of rotatable bonds is 3. The number of likely N-dealkylation sites (tertiary alicyclic amines) is 1. The van der Waals surface area contributed by atoms with Crippen LogP contribution in [0.5, 0.6) is 0 Å². The van der Waals surface area contributed by atoms with Gasteiger partial charge in [0.05, 0.1) is 5.03 Å². The van der Waals surface area contributed by atoms with Crippen molar-refractivity contribution in [3.05, 3.63) is 10.6 Å². The maximum absolute atomic E-state index is 10.9. The summed E-state index contributed by atoms with van der Waals surface area (Å²) in [6, 6.07) is 1.77. The van der Waals surface area contributed by atoms with Crippen LogP contribution >= 0.6 is 11.8 Å². The molecule has 1 aliphatic heterocycles. The third kappa shape index (κ3) is 2.90. The Morgan fingerprint density at radius 2 is 2.00 bits per heavy atom. The molecule has 0 aromatic rings. The van der Waals surface area contributed by atoms with E-state index in [-0.39, 0.29) is 5.57 Å². The smallest absolute Gasteiger partial charge is 0.349 e. The lowest BCUT2D eigenvalue weighted by Crippen LogP contribution is -2.29. The average Bonchev–Trinajstić information content (AvgIpc) is 2.26. The minimum absolute atomic E-state index is 0.135. The van der Waals surface area contributed by atoms with Gasteiger partial charge in [-0.25, -0.2) is 4.79 Å². The zero-order valence-electron chi connectivity index (χ0n) is 8.69. The average molecular weight is 226 g/mol. The largest absolute Gasteiger partial charge is 0.477 e. The highest BCUT2D eigenvalue weighted by atomic mass is 32.2. The highest BCUT2D eigenvalue weighted by Crippen LogP contribution is 2.25. The number of thioether (sulfide) groups is 1. The quantitative estimate of drug-likeness (QED) is 0.585. The van der Waals surface area contributed by atoms with Crippen molar-refractivity contribution in [2.24, 2.45) is 0 Å². The molecule has 1 rings (SSSR count). The molecule has 0 unspecified atom stereocenters. The van der Waals surface area contributed by atoms with E-state index in [4.69, 9.17) is 10.4 Å². The number of hydrogen-bond acceptors (Lipinski definition) is 4. The molecular formula is C10H14N2O2S. The molecule has 0 radical (unpaired) electrons. The Hall–Kier alpha value is -1.15. The van der Waals surface area contributed by atoms with Crippen molar-refractivity contribution in [2.45, 2.75) is 19.3 Å². The molecule has 1 saturated heterocycles. The highest BCUT2D eigenvalue weighted by Gasteiger charge is 2.20. The van der Waals surface area contributed by atoms with Gasteiger partial charge in [-0.05, 0) is 25.5 Å². The van der Waals surface area contributed by atoms with Crippen molar-refractivity contribution >= 4 is 17.7 Å². The van der Waals surface area contributed by atoms with E-state index in [1.165, 1.54) is 18.2 Å². The number of nitrogens with zero attached hydrogens (tertiary/aromatic N) is 2. The molecule has 0 atom stereocenters. The van der Waals surface area contributed by atoms with Crippen LogP contribution in [0.25, 0.3) is 0 Å². The van der Waals surface area contributed by atoms with Crippen molar-refractivity contribution in [1.82, 2.24) is 4.90 Å². The van der Waals surface area contributed by atoms with E-state index in [9.17, 15) is 4.79 Å². The Morgan fingerprint density at radius 3 is 2.40 bits per heavy atom. The van der Waals surface area contributed by atoms with Crippen LogP contribution < -0.4 is 0 Å². The predicted molar refractivity (Wildman–Crippen MR) is 59.2 cm³/mol. The predicted octanol–water partition coefficient (Wildman–Crippen LogP) is 1.66. The molecule has 0 aliphatic carbocycles. The monoisotopic (exact) mass is 226 g/mol. The van der Waals surface area contributed by atoms with Gasteiger partial charge in [0.1, 0.15) is 6.07 Å². The van der Waals surface area contributed by atoms with Gasteiger partial charge in [0.15, 0.2) is 5.57 Å². The Kier molecular flexibility index (Phi) is 4.50. The first-order valence-corrected chi connectivity index (χ1v) is 6.09. The first-order chi connectivity index (χ1) is 7.20. The number of carboxylic acid groups (broad SMARTS) is 1. The number of carboxylic acids is 1. The summed E-state index contributed by atoms with van der Waals surface area (Å²) in [5.74, 6) is -1.13. The second-order valence-corrected chi connectivity index (χ2v) is 4.14. The molecule has 0 saturated carbocycles. The van der Waals surface area contributed by atoms with Gasteiger partial charge in [-0.3, -0.25) is 0 Å². The first kappa shape index (κ1) is 11.9. The molecule has 0 spiro atoms. The minimum Gasteiger partial charge on any atom is -0.477 e. The van der Waals surface area contributed by atoms with Gasteiger partial charge in [0.25, 0.3) is 0 Å². The van der Waals surface area contributed by atoms with Crippen LogP contribution in [0.1, 0.15) is 19.3 Å². The Bertz CT molecular complexity index is 314. The molecule has 82 valence electrons. The van der Waals surface area contributed by atoms with Crippen LogP contribution in [0.15, 0.2) is 10.6 Å². The minimum atomic E-state index is -1.13. The maximum atomic E-state index is 10.9. The fraction of sp³-hybridized carbons (Fsp3) is 0.600. The molecular weight excluding hydrogens is 212 g/mol. The van der Waals surface area contributed by atoms with Crippen LogP contribution in [-0.2, 0) is 4.79 Å². The van der Waals surface area contributed by atoms with Gasteiger partial charge < -0.3 is 10.0 Å². The maximum Gasteiger partial charge on any atom is 0.349 e. The molecule has 5 heteroatoms. The fourth-order valence-corrected chi connectivity index (χ4v) is 2.45. The van der Waals surface area contributed by atoms with Gasteiger partial charge in [-0.2, -0.15) is 5.26 Å². The fourth-order valence-electron chi connectivity index (χ4n) is 1.67. The SMILES string of the molecule is CSC(=C(C#N)C(=O)O)N1CCCCC1. The van der Waals surface area contributed by atoms with Gasteiger partial charge in [-0.15, -0.1) is 11.8 Å². The van der Waals surface area contributed by atoms with Crippen molar-refractivity contribution in [3.8, 4) is 6.07 Å². The summed E-state index contributed by atoms with van der Waals surface area (Å²) in [5.41, 5.74) is -0.135. The van der Waals surface area contributed by atoms with Gasteiger partial charge in [0, 0.05) is 13.1 Å². The number of nitriles is 1. The summed E-state index contributed by atoms with van der Waals surface area (Å²) >= 11 is 1.34. The molecule has 4 nitrogen and oxygen atoms in total. The van der Waals surface area contributed by atoms with Crippen molar-refractivity contribution in [2.75, 3.05) is 19.3 Å². The van der Waals surface area contributed by atoms with Crippen LogP contribution in [-0.4, -0.2) is 35.3 Å². The summed E-state index contributed by atoms with van der Waals surface area (Å²) in [7, 11) is 0. The van der Waals surface area contributed by atoms with Crippen LogP contribution in [0.3, 0.4) is 0 Å². The number of carbonyl (C=O) groups is 1. The van der Waals surface area contributed by atoms with Crippen LogP contribution in [0, 0.1) is 11.3 Å². The van der Waals surface area contributed by atoms with E-state index in [0.717, 1.165) is 25.9 Å². The van der Waals surface area contributed by atoms with E-state index in [0.29, 0.717) is 5.03 Å². The lowest BCUT2D eigenvalue weighted by atomic mass is 10.1. The van der Waals surface area contributed by atoms with E-state index >= 15 is 0 Å². The van der Waals surface area contributed by atoms with E-state index in [1.54, 1.807) is 6.07 Å². The van der Waals surface area contributed by atoms with Gasteiger partial charge in [-0.1, -0.05) is 0 Å². The topological polar surface area (TPSA) is 64.3 Å². The summed E-state index contributed by atoms with van der Waals surface area (Å²) in [5, 5.41) is 18.3. The third-order valence-corrected chi connectivity index (χ3v) is 3.23. The van der Waals surface area contributed by atoms with Gasteiger partial charge in [0.2, 0.25) is 0 Å². The zero-order valence-corrected chi connectivity index (χ0v) is 9.51. The molecule has 15 heavy (non-hydrogen) atoms. The third-order valence-electron chi connectivity index (χ3n) is 2.38. The van der Waals surface area contributed by atoms with Crippen molar-refractivity contribution in [1.29, 1.82) is 5.26 Å². The van der Waals surface area contributed by atoms with E-state index in [1.807, 2.05) is 11.2 Å². The molecule has 1 fully saturated rings. The molecule has 1 N–H and O–H groups in total. The Balaban J connectivity index is 2.93.